The van der Waals surface area contributed by atoms with Gasteiger partial charge in [-0.25, -0.2) is 14.5 Å². The normalized spacial score (nSPS) is 23.1. The minimum Gasteiger partial charge on any atom is -0.481 e. The molecule has 9 nitrogen and oxygen atoms in total. The van der Waals surface area contributed by atoms with Gasteiger partial charge in [0.1, 0.15) is 11.9 Å². The molecule has 0 aliphatic carbocycles. The Morgan fingerprint density at radius 1 is 1.11 bits per heavy atom. The summed E-state index contributed by atoms with van der Waals surface area (Å²) in [6.45, 7) is 4.29. The number of ether oxygens (including phenoxy) is 1. The van der Waals surface area contributed by atoms with Gasteiger partial charge in [0.15, 0.2) is 0 Å². The van der Waals surface area contributed by atoms with Crippen molar-refractivity contribution < 1.29 is 4.74 Å². The number of hydrogen-bond acceptors (Lipinski definition) is 8. The number of nitriles is 2. The fraction of sp³-hybridized carbons (Fsp3) is 0.296. The summed E-state index contributed by atoms with van der Waals surface area (Å²) >= 11 is 0. The molecule has 0 unspecified atom stereocenters. The highest BCUT2D eigenvalue weighted by Gasteiger charge is 2.59. The summed E-state index contributed by atoms with van der Waals surface area (Å²) in [6.07, 6.45) is 7.09. The third-order valence-corrected chi connectivity index (χ3v) is 7.40. The SMILES string of the molecule is COc1ccc(CN2C[C@@](C)(C#N)[C@H]3[C@@H]2CN3c2ccc(-c3cccn4ncc(C#N)c34)cn2)cn1. The monoisotopic (exact) mass is 476 g/mol. The molecule has 2 fully saturated rings. The van der Waals surface area contributed by atoms with Crippen molar-refractivity contribution in [3.63, 3.8) is 0 Å². The van der Waals surface area contributed by atoms with Crippen LogP contribution >= 0.6 is 0 Å². The molecule has 9 heteroatoms. The van der Waals surface area contributed by atoms with Crippen molar-refractivity contribution in [2.45, 2.75) is 25.6 Å². The molecule has 178 valence electrons. The molecular formula is C27H24N8O. The summed E-state index contributed by atoms with van der Waals surface area (Å²) < 4.78 is 6.88. The zero-order chi connectivity index (χ0) is 24.9. The maximum absolute atomic E-state index is 10.1. The summed E-state index contributed by atoms with van der Waals surface area (Å²) in [5.74, 6) is 1.45. The number of hydrogen-bond donors (Lipinski definition) is 0. The smallest absolute Gasteiger partial charge is 0.212 e. The van der Waals surface area contributed by atoms with Crippen LogP contribution in [0.1, 0.15) is 18.1 Å². The molecule has 4 aromatic rings. The van der Waals surface area contributed by atoms with Gasteiger partial charge in [-0.15, -0.1) is 0 Å². The van der Waals surface area contributed by atoms with Crippen molar-refractivity contribution in [3.8, 4) is 29.1 Å². The van der Waals surface area contributed by atoms with E-state index in [0.717, 1.165) is 41.1 Å². The average Bonchev–Trinajstić information content (AvgIpc) is 3.41. The summed E-state index contributed by atoms with van der Waals surface area (Å²) in [5, 5.41) is 23.9. The van der Waals surface area contributed by atoms with Crippen LogP contribution in [0.15, 0.2) is 61.2 Å². The molecule has 0 saturated carbocycles. The Balaban J connectivity index is 1.24. The molecule has 0 aromatic carbocycles. The third kappa shape index (κ3) is 3.36. The fourth-order valence-electron chi connectivity index (χ4n) is 5.64. The topological polar surface area (TPSA) is 106 Å². The Kier molecular flexibility index (Phi) is 5.10. The molecule has 0 amide bonds. The van der Waals surface area contributed by atoms with E-state index in [0.29, 0.717) is 18.0 Å². The van der Waals surface area contributed by atoms with E-state index < -0.39 is 5.41 Å². The molecular weight excluding hydrogens is 452 g/mol. The van der Waals surface area contributed by atoms with Gasteiger partial charge in [0, 0.05) is 61.5 Å². The van der Waals surface area contributed by atoms with Gasteiger partial charge < -0.3 is 9.64 Å². The summed E-state index contributed by atoms with van der Waals surface area (Å²) in [5.41, 5.74) is 3.73. The van der Waals surface area contributed by atoms with E-state index in [9.17, 15) is 10.5 Å². The molecule has 2 aliphatic rings. The molecule has 6 heterocycles. The molecule has 0 spiro atoms. The first-order valence-electron chi connectivity index (χ1n) is 11.8. The lowest BCUT2D eigenvalue weighted by Crippen LogP contribution is -2.65. The first-order valence-corrected chi connectivity index (χ1v) is 11.8. The van der Waals surface area contributed by atoms with Crippen molar-refractivity contribution in [2.24, 2.45) is 5.41 Å². The highest BCUT2D eigenvalue weighted by molar-refractivity contribution is 5.84. The van der Waals surface area contributed by atoms with Crippen LogP contribution in [-0.2, 0) is 6.54 Å². The Labute approximate surface area is 208 Å². The van der Waals surface area contributed by atoms with Crippen LogP contribution in [0.5, 0.6) is 5.88 Å². The lowest BCUT2D eigenvalue weighted by molar-refractivity contribution is 0.192. The van der Waals surface area contributed by atoms with E-state index in [1.807, 2.05) is 61.9 Å². The number of nitrogens with zero attached hydrogens (tertiary/aromatic N) is 8. The Morgan fingerprint density at radius 3 is 2.69 bits per heavy atom. The first-order chi connectivity index (χ1) is 17.5. The number of anilines is 1. The summed E-state index contributed by atoms with van der Waals surface area (Å²) in [4.78, 5) is 13.7. The van der Waals surface area contributed by atoms with Crippen LogP contribution in [0.25, 0.3) is 16.6 Å². The van der Waals surface area contributed by atoms with Gasteiger partial charge in [-0.1, -0.05) is 12.1 Å². The van der Waals surface area contributed by atoms with Crippen molar-refractivity contribution >= 4 is 11.3 Å². The second-order valence-electron chi connectivity index (χ2n) is 9.60. The maximum atomic E-state index is 10.1. The van der Waals surface area contributed by atoms with Crippen LogP contribution in [-0.4, -0.2) is 56.8 Å². The predicted octanol–water partition coefficient (Wildman–Crippen LogP) is 3.27. The van der Waals surface area contributed by atoms with Crippen molar-refractivity contribution in [1.29, 1.82) is 10.5 Å². The van der Waals surface area contributed by atoms with Crippen molar-refractivity contribution in [2.75, 3.05) is 25.1 Å². The molecule has 4 aromatic heterocycles. The number of rotatable bonds is 5. The predicted molar refractivity (Wildman–Crippen MR) is 133 cm³/mol. The molecule has 0 radical (unpaired) electrons. The van der Waals surface area contributed by atoms with E-state index in [2.05, 4.69) is 32.0 Å². The second-order valence-corrected chi connectivity index (χ2v) is 9.60. The van der Waals surface area contributed by atoms with E-state index in [4.69, 9.17) is 9.72 Å². The highest BCUT2D eigenvalue weighted by Crippen LogP contribution is 2.46. The number of methoxy groups -OCH3 is 1. The second kappa shape index (κ2) is 8.33. The van der Waals surface area contributed by atoms with Crippen molar-refractivity contribution in [3.05, 3.63) is 72.3 Å². The van der Waals surface area contributed by atoms with Crippen LogP contribution in [0, 0.1) is 28.1 Å². The number of likely N-dealkylation sites (tertiary alicyclic amines) is 1. The van der Waals surface area contributed by atoms with E-state index in [-0.39, 0.29) is 12.1 Å². The summed E-state index contributed by atoms with van der Waals surface area (Å²) in [7, 11) is 1.61. The van der Waals surface area contributed by atoms with Crippen LogP contribution < -0.4 is 9.64 Å². The van der Waals surface area contributed by atoms with Crippen LogP contribution in [0.4, 0.5) is 5.82 Å². The molecule has 2 aliphatic heterocycles. The molecule has 2 saturated heterocycles. The van der Waals surface area contributed by atoms with Gasteiger partial charge in [-0.2, -0.15) is 15.6 Å². The largest absolute Gasteiger partial charge is 0.481 e. The van der Waals surface area contributed by atoms with E-state index >= 15 is 0 Å². The number of fused-ring (bicyclic) bond motifs is 2. The van der Waals surface area contributed by atoms with Gasteiger partial charge >= 0.3 is 0 Å². The molecule has 6 rings (SSSR count). The minimum absolute atomic E-state index is 0.0653. The lowest BCUT2D eigenvalue weighted by atomic mass is 9.78. The van der Waals surface area contributed by atoms with Gasteiger partial charge in [0.2, 0.25) is 5.88 Å². The van der Waals surface area contributed by atoms with E-state index in [1.54, 1.807) is 17.8 Å². The van der Waals surface area contributed by atoms with Gasteiger partial charge in [0.05, 0.1) is 41.9 Å². The molecule has 0 bridgehead atoms. The molecule has 3 atom stereocenters. The van der Waals surface area contributed by atoms with Crippen LogP contribution in [0.3, 0.4) is 0 Å². The minimum atomic E-state index is -0.506. The Hall–Kier alpha value is -4.47. The fourth-order valence-corrected chi connectivity index (χ4v) is 5.64. The average molecular weight is 477 g/mol. The van der Waals surface area contributed by atoms with Crippen LogP contribution in [0.2, 0.25) is 0 Å². The number of pyridine rings is 3. The van der Waals surface area contributed by atoms with Gasteiger partial charge in [-0.05, 0) is 30.7 Å². The Bertz CT molecular complexity index is 1510. The maximum Gasteiger partial charge on any atom is 0.212 e. The first kappa shape index (κ1) is 22.0. The zero-order valence-electron chi connectivity index (χ0n) is 20.0. The quantitative estimate of drug-likeness (QED) is 0.432. The summed E-state index contributed by atoms with van der Waals surface area (Å²) in [6, 6.07) is 17.0. The Morgan fingerprint density at radius 2 is 2.00 bits per heavy atom. The number of aromatic nitrogens is 4. The molecule has 36 heavy (non-hydrogen) atoms. The van der Waals surface area contributed by atoms with Gasteiger partial charge in [-0.3, -0.25) is 4.90 Å². The van der Waals surface area contributed by atoms with Crippen molar-refractivity contribution in [1.82, 2.24) is 24.5 Å². The lowest BCUT2D eigenvalue weighted by Gasteiger charge is -2.50. The highest BCUT2D eigenvalue weighted by atomic mass is 16.5. The third-order valence-electron chi connectivity index (χ3n) is 7.40. The zero-order valence-corrected chi connectivity index (χ0v) is 20.0. The standard InChI is InChI=1S/C27H24N8O/c1-27(16-29)17-33(14-18-5-8-24(36-2)31-11-18)22-15-34(26(22)27)23-7-6-19(12-30-23)21-4-3-9-35-25(21)20(10-28)13-32-35/h3-9,11-13,22,26H,14-15,17H2,1-2H3/t22-,26+,27+/m0/s1. The van der Waals surface area contributed by atoms with Gasteiger partial charge in [0.25, 0.3) is 0 Å². The van der Waals surface area contributed by atoms with E-state index in [1.165, 1.54) is 0 Å². The molecule has 0 N–H and O–H groups in total.